The van der Waals surface area contributed by atoms with Crippen LogP contribution in [0.1, 0.15) is 54.0 Å². The fourth-order valence-electron chi connectivity index (χ4n) is 4.45. The Balaban J connectivity index is 2.05. The van der Waals surface area contributed by atoms with E-state index < -0.39 is 11.5 Å². The molecule has 2 N–H and O–H groups in total. The molecule has 0 saturated carbocycles. The van der Waals surface area contributed by atoms with Gasteiger partial charge in [-0.15, -0.1) is 0 Å². The van der Waals surface area contributed by atoms with Gasteiger partial charge < -0.3 is 10.5 Å². The lowest BCUT2D eigenvalue weighted by atomic mass is 10.0. The molecule has 3 heterocycles. The van der Waals surface area contributed by atoms with E-state index in [1.165, 1.54) is 27.7 Å². The zero-order valence-electron chi connectivity index (χ0n) is 24.7. The maximum atomic E-state index is 14.2. The van der Waals surface area contributed by atoms with Crippen LogP contribution in [0.15, 0.2) is 83.2 Å². The summed E-state index contributed by atoms with van der Waals surface area (Å²) < 4.78 is 38.4. The van der Waals surface area contributed by atoms with E-state index in [-0.39, 0.29) is 19.3 Å². The van der Waals surface area contributed by atoms with Crippen LogP contribution in [-0.2, 0) is 11.3 Å². The number of ether oxygens (including phenoxy) is 1. The maximum Gasteiger partial charge on any atom is 0.242 e. The third-order valence-corrected chi connectivity index (χ3v) is 6.06. The number of hydrogen-bond acceptors (Lipinski definition) is 6. The number of allylic oxidation sites excluding steroid dienone is 5. The lowest BCUT2D eigenvalue weighted by Crippen LogP contribution is -2.21. The first-order valence-electron chi connectivity index (χ1n) is 13.4. The van der Waals surface area contributed by atoms with E-state index in [0.29, 0.717) is 22.5 Å². The monoisotopic (exact) mass is 566 g/mol. The van der Waals surface area contributed by atoms with Crippen LogP contribution < -0.4 is 11.2 Å². The summed E-state index contributed by atoms with van der Waals surface area (Å²) in [6, 6.07) is 3.66. The van der Waals surface area contributed by atoms with Crippen molar-refractivity contribution in [3.63, 3.8) is 0 Å². The Morgan fingerprint density at radius 3 is 2.39 bits per heavy atom. The van der Waals surface area contributed by atoms with Crippen molar-refractivity contribution in [1.29, 1.82) is 0 Å². The van der Waals surface area contributed by atoms with E-state index in [1.54, 1.807) is 47.0 Å². The van der Waals surface area contributed by atoms with Crippen LogP contribution in [0.3, 0.4) is 0 Å². The molecular weight excluding hydrogens is 526 g/mol. The Hall–Kier alpha value is -4.12. The second-order valence-electron chi connectivity index (χ2n) is 10.7. The van der Waals surface area contributed by atoms with Gasteiger partial charge in [0.15, 0.2) is 5.49 Å². The normalized spacial score (nSPS) is 14.3. The highest BCUT2D eigenvalue weighted by Crippen LogP contribution is 2.29. The second-order valence-corrected chi connectivity index (χ2v) is 10.7. The van der Waals surface area contributed by atoms with Gasteiger partial charge in [-0.2, -0.15) is 19.7 Å². The highest BCUT2D eigenvalue weighted by atomic mass is 19.2. The zero-order chi connectivity index (χ0) is 30.4. The SMILES string of the molecule is C=C/C(=C\C=C(/C)OC(C)(C)F)C(CC)n1cc(-c2cc(-c3cnn(CC(C)(C)F)c3)n(N=C)/c(=N\CN)c2)cn1. The first-order valence-corrected chi connectivity index (χ1v) is 13.4. The van der Waals surface area contributed by atoms with Crippen molar-refractivity contribution in [3.05, 3.63) is 78.5 Å². The molecule has 0 radical (unpaired) electrons. The molecule has 220 valence electrons. The van der Waals surface area contributed by atoms with E-state index >= 15 is 0 Å². The predicted octanol–water partition coefficient (Wildman–Crippen LogP) is 5.93. The molecule has 0 saturated heterocycles. The van der Waals surface area contributed by atoms with Gasteiger partial charge in [0.2, 0.25) is 5.85 Å². The Bertz CT molecular complexity index is 1500. The lowest BCUT2D eigenvalue weighted by molar-refractivity contribution is -0.0781. The van der Waals surface area contributed by atoms with E-state index in [1.807, 2.05) is 29.1 Å². The Morgan fingerprint density at radius 2 is 1.80 bits per heavy atom. The first-order chi connectivity index (χ1) is 19.3. The highest BCUT2D eigenvalue weighted by molar-refractivity contribution is 5.69. The van der Waals surface area contributed by atoms with Gasteiger partial charge >= 0.3 is 0 Å². The largest absolute Gasteiger partial charge is 0.463 e. The number of halogens is 2. The Morgan fingerprint density at radius 1 is 1.10 bits per heavy atom. The number of nitrogens with zero attached hydrogens (tertiary/aromatic N) is 7. The highest BCUT2D eigenvalue weighted by Gasteiger charge is 2.20. The molecule has 0 aromatic carbocycles. The van der Waals surface area contributed by atoms with Gasteiger partial charge in [-0.05, 0) is 56.5 Å². The van der Waals surface area contributed by atoms with Crippen molar-refractivity contribution in [2.45, 2.75) is 72.1 Å². The predicted molar refractivity (Wildman–Crippen MR) is 159 cm³/mol. The molecule has 11 heteroatoms. The lowest BCUT2D eigenvalue weighted by Gasteiger charge is -2.18. The van der Waals surface area contributed by atoms with Crippen LogP contribution in [0, 0.1) is 0 Å². The molecule has 0 bridgehead atoms. The van der Waals surface area contributed by atoms with E-state index in [0.717, 1.165) is 23.1 Å². The summed E-state index contributed by atoms with van der Waals surface area (Å²) in [6.45, 7) is 17.3. The minimum absolute atomic E-state index is 0.0502. The van der Waals surface area contributed by atoms with E-state index in [4.69, 9.17) is 10.5 Å². The van der Waals surface area contributed by atoms with Gasteiger partial charge in [-0.3, -0.25) is 14.4 Å². The molecular formula is C30H40F2N8O. The molecule has 3 rings (SSSR count). The standard InChI is InChI=1S/C30H40F2N8O/c1-9-22(12-11-21(3)41-30(6,7)32)26(10-2)39-18-24(15-37-39)23-13-27(40(34-8)28(14-23)35-20-33)25-16-36-38(17-25)19-29(4,5)31/h9,11-18,26H,1,8,10,19-20,33H2,2-7H3/b21-11+,22-12+,35-28-. The van der Waals surface area contributed by atoms with Crippen molar-refractivity contribution in [2.24, 2.45) is 15.8 Å². The maximum absolute atomic E-state index is 14.2. The van der Waals surface area contributed by atoms with E-state index in [9.17, 15) is 8.78 Å². The summed E-state index contributed by atoms with van der Waals surface area (Å²) in [5.74, 6) is -1.32. The summed E-state index contributed by atoms with van der Waals surface area (Å²) in [5.41, 5.74) is 8.77. The van der Waals surface area contributed by atoms with Crippen LogP contribution in [0.25, 0.3) is 22.4 Å². The van der Waals surface area contributed by atoms with Crippen molar-refractivity contribution in [2.75, 3.05) is 6.67 Å². The number of rotatable bonds is 13. The Labute approximate surface area is 240 Å². The molecule has 9 nitrogen and oxygen atoms in total. The number of pyridine rings is 1. The topological polar surface area (TPSA) is 101 Å². The number of hydrogen-bond donors (Lipinski definition) is 1. The average molecular weight is 567 g/mol. The van der Waals surface area contributed by atoms with Crippen molar-refractivity contribution in [3.8, 4) is 22.4 Å². The Kier molecular flexibility index (Phi) is 9.98. The molecule has 3 aromatic heterocycles. The van der Waals surface area contributed by atoms with Gasteiger partial charge in [0, 0.05) is 44.1 Å². The molecule has 0 aliphatic rings. The molecule has 1 atom stereocenters. The number of aromatic nitrogens is 5. The molecule has 0 aliphatic heterocycles. The molecule has 0 aliphatic carbocycles. The average Bonchev–Trinajstić information content (AvgIpc) is 3.54. The van der Waals surface area contributed by atoms with Crippen LogP contribution in [0.2, 0.25) is 0 Å². The second kappa shape index (κ2) is 13.0. The minimum atomic E-state index is -1.77. The summed E-state index contributed by atoms with van der Waals surface area (Å²) in [5, 5.41) is 13.1. The molecule has 1 unspecified atom stereocenters. The molecule has 41 heavy (non-hydrogen) atoms. The zero-order valence-corrected chi connectivity index (χ0v) is 24.7. The van der Waals surface area contributed by atoms with Gasteiger partial charge in [-0.1, -0.05) is 25.7 Å². The van der Waals surface area contributed by atoms with Gasteiger partial charge in [0.25, 0.3) is 0 Å². The van der Waals surface area contributed by atoms with Crippen molar-refractivity contribution < 1.29 is 13.5 Å². The van der Waals surface area contributed by atoms with Crippen LogP contribution in [0.4, 0.5) is 8.78 Å². The fraction of sp³-hybridized carbons (Fsp3) is 0.400. The van der Waals surface area contributed by atoms with Gasteiger partial charge in [0.1, 0.15) is 5.67 Å². The van der Waals surface area contributed by atoms with Crippen LogP contribution in [0.5, 0.6) is 0 Å². The molecule has 3 aromatic rings. The molecule has 0 spiro atoms. The van der Waals surface area contributed by atoms with E-state index in [2.05, 4.69) is 40.5 Å². The minimum Gasteiger partial charge on any atom is -0.463 e. The first kappa shape index (κ1) is 31.4. The summed E-state index contributed by atoms with van der Waals surface area (Å²) in [7, 11) is 0. The third-order valence-electron chi connectivity index (χ3n) is 6.06. The fourth-order valence-corrected chi connectivity index (χ4v) is 4.45. The summed E-state index contributed by atoms with van der Waals surface area (Å²) >= 11 is 0. The van der Waals surface area contributed by atoms with Crippen molar-refractivity contribution >= 4 is 6.72 Å². The summed E-state index contributed by atoms with van der Waals surface area (Å²) in [4.78, 5) is 4.41. The smallest absolute Gasteiger partial charge is 0.242 e. The van der Waals surface area contributed by atoms with Gasteiger partial charge in [0.05, 0.1) is 43.1 Å². The van der Waals surface area contributed by atoms with Gasteiger partial charge in [-0.25, -0.2) is 9.07 Å². The van der Waals surface area contributed by atoms with Crippen LogP contribution >= 0.6 is 0 Å². The molecule has 0 amide bonds. The number of alkyl halides is 2. The van der Waals surface area contributed by atoms with Crippen LogP contribution in [-0.4, -0.2) is 49.1 Å². The van der Waals surface area contributed by atoms with Crippen molar-refractivity contribution in [1.82, 2.24) is 24.2 Å². The third kappa shape index (κ3) is 8.43. The molecule has 0 fully saturated rings. The quantitative estimate of drug-likeness (QED) is 0.157. The summed E-state index contributed by atoms with van der Waals surface area (Å²) in [6.07, 6.45) is 13.2. The number of nitrogens with two attached hydrogens (primary N) is 1.